The fraction of sp³-hybridized carbons (Fsp3) is 0.314. The first-order chi connectivity index (χ1) is 24.4. The molecule has 3 aromatic carbocycles. The van der Waals surface area contributed by atoms with Crippen molar-refractivity contribution < 1.29 is 55.0 Å². The number of hydrogen-bond donors (Lipinski definition) is 3. The topological polar surface area (TPSA) is 170 Å². The lowest BCUT2D eigenvalue weighted by atomic mass is 9.94. The van der Waals surface area contributed by atoms with Gasteiger partial charge >= 0.3 is 12.1 Å². The van der Waals surface area contributed by atoms with Crippen LogP contribution in [0.1, 0.15) is 42.1 Å². The summed E-state index contributed by atoms with van der Waals surface area (Å²) in [6.07, 6.45) is -6.97. The van der Waals surface area contributed by atoms with Gasteiger partial charge in [0.15, 0.2) is 6.10 Å². The number of nitriles is 2. The molecule has 17 heteroatoms. The second-order valence-electron chi connectivity index (χ2n) is 11.6. The average molecular weight is 732 g/mol. The summed E-state index contributed by atoms with van der Waals surface area (Å²) in [5.41, 5.74) is 0.281. The monoisotopic (exact) mass is 731 g/mol. The summed E-state index contributed by atoms with van der Waals surface area (Å²) in [5, 5.41) is 24.2. The van der Waals surface area contributed by atoms with E-state index in [1.54, 1.807) is 0 Å². The normalized spacial score (nSPS) is 13.1. The molecule has 1 unspecified atom stereocenters. The van der Waals surface area contributed by atoms with Crippen LogP contribution in [0.15, 0.2) is 66.7 Å². The molecular formula is C35H31F6N5O6. The van der Waals surface area contributed by atoms with Gasteiger partial charge < -0.3 is 25.4 Å². The molecule has 3 atom stereocenters. The molecule has 274 valence electrons. The smallest absolute Gasteiger partial charge is 0.405 e. The molecule has 3 aromatic rings. The largest absolute Gasteiger partial charge is 0.497 e. The minimum Gasteiger partial charge on any atom is -0.497 e. The molecule has 0 saturated heterocycles. The molecule has 0 saturated carbocycles. The number of nitrogens with zero attached hydrogens (tertiary/aromatic N) is 2. The lowest BCUT2D eigenvalue weighted by Crippen LogP contribution is -2.58. The van der Waals surface area contributed by atoms with Gasteiger partial charge in [0, 0.05) is 6.42 Å². The Bertz CT molecular complexity index is 1840. The molecular weight excluding hydrogens is 700 g/mol. The maximum atomic E-state index is 14.9. The van der Waals surface area contributed by atoms with Crippen molar-refractivity contribution in [3.63, 3.8) is 0 Å². The predicted octanol–water partition coefficient (Wildman–Crippen LogP) is 4.45. The summed E-state index contributed by atoms with van der Waals surface area (Å²) in [6.45, 7) is 0.304. The Morgan fingerprint density at radius 1 is 0.827 bits per heavy atom. The number of carbonyl (C=O) groups excluding carboxylic acids is 4. The summed E-state index contributed by atoms with van der Waals surface area (Å²) in [6, 6.07) is 14.0. The Balaban J connectivity index is 2.01. The molecule has 52 heavy (non-hydrogen) atoms. The highest BCUT2D eigenvalue weighted by Gasteiger charge is 2.52. The second-order valence-corrected chi connectivity index (χ2v) is 11.6. The van der Waals surface area contributed by atoms with Gasteiger partial charge in [0.25, 0.3) is 11.8 Å². The summed E-state index contributed by atoms with van der Waals surface area (Å²) < 4.78 is 92.5. The van der Waals surface area contributed by atoms with E-state index in [4.69, 9.17) is 9.47 Å². The molecule has 0 radical (unpaired) electrons. The number of carbonyl (C=O) groups is 4. The summed E-state index contributed by atoms with van der Waals surface area (Å²) in [7, 11) is 1.35. The molecule has 0 bridgehead atoms. The number of amides is 3. The third-order valence-corrected chi connectivity index (χ3v) is 7.33. The highest BCUT2D eigenvalue weighted by Crippen LogP contribution is 2.25. The van der Waals surface area contributed by atoms with Crippen LogP contribution in [0.2, 0.25) is 0 Å². The first kappa shape index (κ1) is 40.3. The predicted molar refractivity (Wildman–Crippen MR) is 170 cm³/mol. The quantitative estimate of drug-likeness (QED) is 0.152. The van der Waals surface area contributed by atoms with Crippen LogP contribution in [0.3, 0.4) is 0 Å². The van der Waals surface area contributed by atoms with Crippen LogP contribution in [0, 0.1) is 34.4 Å². The number of rotatable bonds is 15. The highest BCUT2D eigenvalue weighted by atomic mass is 19.4. The fourth-order valence-electron chi connectivity index (χ4n) is 4.73. The van der Waals surface area contributed by atoms with Crippen molar-refractivity contribution >= 4 is 23.5 Å². The van der Waals surface area contributed by atoms with E-state index in [1.807, 2.05) is 12.1 Å². The second kappa shape index (κ2) is 17.2. The molecule has 0 fully saturated rings. The number of nitrogens with one attached hydrogen (secondary N) is 3. The molecule has 0 aliphatic heterocycles. The van der Waals surface area contributed by atoms with Gasteiger partial charge in [0.2, 0.25) is 11.7 Å². The van der Waals surface area contributed by atoms with E-state index in [1.165, 1.54) is 75.6 Å². The number of methoxy groups -OCH3 is 1. The zero-order valence-corrected chi connectivity index (χ0v) is 27.7. The maximum Gasteiger partial charge on any atom is 0.405 e. The number of alkyl halides is 5. The van der Waals surface area contributed by atoms with Crippen molar-refractivity contribution in [2.24, 2.45) is 5.92 Å². The summed E-state index contributed by atoms with van der Waals surface area (Å²) in [5.74, 6) is -13.6. The van der Waals surface area contributed by atoms with E-state index >= 15 is 0 Å². The lowest BCUT2D eigenvalue weighted by Gasteiger charge is -2.28. The molecule has 0 aromatic heterocycles. The van der Waals surface area contributed by atoms with E-state index < -0.39 is 72.1 Å². The van der Waals surface area contributed by atoms with Crippen LogP contribution < -0.4 is 25.4 Å². The Morgan fingerprint density at radius 2 is 1.44 bits per heavy atom. The van der Waals surface area contributed by atoms with E-state index in [-0.39, 0.29) is 34.4 Å². The van der Waals surface area contributed by atoms with E-state index in [0.717, 1.165) is 17.4 Å². The molecule has 11 nitrogen and oxygen atoms in total. The number of hydrogen-bond acceptors (Lipinski definition) is 8. The Morgan fingerprint density at radius 3 is 1.96 bits per heavy atom. The van der Waals surface area contributed by atoms with E-state index in [2.05, 4.69) is 10.6 Å². The standard InChI is InChI=1S/C35H31F6N5O6/c1-19(2)28(30(47)35(40,41)33(50)44-18-34(37,38)39)45-32(49)29(23-7-9-25(51-3)10-8-23)46-31(48)27(15-20-5-4-6-24(36)12-20)52-26-13-21(16-42)11-22(14-26)17-43/h4-14,19,27-29H,15,18H2,1-3H3,(H,44,50)(H,45,49)(H,46,48)/t27-,28+,29?/m1/s1. The summed E-state index contributed by atoms with van der Waals surface area (Å²) in [4.78, 5) is 52.6. The van der Waals surface area contributed by atoms with E-state index in [0.29, 0.717) is 5.75 Å². The van der Waals surface area contributed by atoms with Gasteiger partial charge in [0.05, 0.1) is 36.4 Å². The van der Waals surface area contributed by atoms with Gasteiger partial charge in [0.1, 0.15) is 29.9 Å². The van der Waals surface area contributed by atoms with Crippen LogP contribution >= 0.6 is 0 Å². The zero-order valence-electron chi connectivity index (χ0n) is 27.7. The number of benzene rings is 3. The Hall–Kier alpha value is -6.10. The minimum atomic E-state index is -5.06. The van der Waals surface area contributed by atoms with Crippen molar-refractivity contribution in [2.75, 3.05) is 13.7 Å². The van der Waals surface area contributed by atoms with Crippen molar-refractivity contribution in [1.29, 1.82) is 10.5 Å². The Labute approximate surface area is 293 Å². The highest BCUT2D eigenvalue weighted by molar-refractivity contribution is 6.10. The first-order valence-corrected chi connectivity index (χ1v) is 15.3. The number of halogens is 6. The number of ether oxygens (including phenoxy) is 2. The van der Waals surface area contributed by atoms with Crippen LogP contribution in [0.25, 0.3) is 0 Å². The van der Waals surface area contributed by atoms with E-state index in [9.17, 15) is 56.0 Å². The lowest BCUT2D eigenvalue weighted by molar-refractivity contribution is -0.165. The van der Waals surface area contributed by atoms with Gasteiger partial charge in [-0.05, 0) is 59.5 Å². The number of ketones is 1. The SMILES string of the molecule is COc1ccc(C(NC(=O)[C@@H](Cc2cccc(F)c2)Oc2cc(C#N)cc(C#N)c2)C(=O)N[C@H](C(=O)C(F)(F)C(=O)NCC(F)(F)F)C(C)C)cc1. The van der Waals surface area contributed by atoms with Crippen molar-refractivity contribution in [1.82, 2.24) is 16.0 Å². The average Bonchev–Trinajstić information content (AvgIpc) is 3.10. The van der Waals surface area contributed by atoms with Gasteiger partial charge in [-0.1, -0.05) is 38.1 Å². The third-order valence-electron chi connectivity index (χ3n) is 7.33. The van der Waals surface area contributed by atoms with Gasteiger partial charge in [-0.15, -0.1) is 0 Å². The van der Waals surface area contributed by atoms with Crippen LogP contribution in [0.4, 0.5) is 26.3 Å². The van der Waals surface area contributed by atoms with Crippen LogP contribution in [0.5, 0.6) is 11.5 Å². The molecule has 3 rings (SSSR count). The van der Waals surface area contributed by atoms with Crippen LogP contribution in [-0.4, -0.2) is 61.4 Å². The molecule has 0 aliphatic carbocycles. The molecule has 0 heterocycles. The van der Waals surface area contributed by atoms with Crippen molar-refractivity contribution in [2.45, 2.75) is 50.6 Å². The number of Topliss-reactive ketones (excluding diaryl/α,β-unsaturated/α-hetero) is 1. The molecule has 0 spiro atoms. The molecule has 0 aliphatic rings. The van der Waals surface area contributed by atoms with Crippen molar-refractivity contribution in [3.05, 3.63) is 94.8 Å². The van der Waals surface area contributed by atoms with Gasteiger partial charge in [-0.3, -0.25) is 19.2 Å². The fourth-order valence-corrected chi connectivity index (χ4v) is 4.73. The van der Waals surface area contributed by atoms with Crippen molar-refractivity contribution in [3.8, 4) is 23.6 Å². The maximum absolute atomic E-state index is 14.9. The van der Waals surface area contributed by atoms with Gasteiger partial charge in [-0.25, -0.2) is 4.39 Å². The zero-order chi connectivity index (χ0) is 38.8. The molecule has 3 amide bonds. The van der Waals surface area contributed by atoms with Crippen LogP contribution in [-0.2, 0) is 25.6 Å². The third kappa shape index (κ3) is 10.9. The minimum absolute atomic E-state index is 0.00253. The Kier molecular flexibility index (Phi) is 13.4. The molecule has 3 N–H and O–H groups in total. The first-order valence-electron chi connectivity index (χ1n) is 15.3. The van der Waals surface area contributed by atoms with Gasteiger partial charge in [-0.2, -0.15) is 32.5 Å². The summed E-state index contributed by atoms with van der Waals surface area (Å²) >= 11 is 0.